The predicted molar refractivity (Wildman–Crippen MR) is 76.4 cm³/mol. The lowest BCUT2D eigenvalue weighted by Crippen LogP contribution is -2.28. The molecule has 1 aliphatic heterocycles. The van der Waals surface area contributed by atoms with Gasteiger partial charge in [-0.1, -0.05) is 13.3 Å². The average Bonchev–Trinajstić information content (AvgIpc) is 2.29. The van der Waals surface area contributed by atoms with Gasteiger partial charge in [0, 0.05) is 5.75 Å². The van der Waals surface area contributed by atoms with Crippen LogP contribution < -0.4 is 0 Å². The molecule has 0 amide bonds. The summed E-state index contributed by atoms with van der Waals surface area (Å²) in [6.45, 7) is 3.47. The van der Waals surface area contributed by atoms with Crippen LogP contribution in [0, 0.1) is 0 Å². The van der Waals surface area contributed by atoms with Crippen LogP contribution >= 0.6 is 0 Å². The van der Waals surface area contributed by atoms with Crippen LogP contribution in [-0.4, -0.2) is 47.5 Å². The van der Waals surface area contributed by atoms with Gasteiger partial charge in [-0.3, -0.25) is 9.59 Å². The molecule has 1 fully saturated rings. The maximum Gasteiger partial charge on any atom is 0.178 e. The Morgan fingerprint density at radius 1 is 1.32 bits per heavy atom. The van der Waals surface area contributed by atoms with Gasteiger partial charge in [-0.2, -0.15) is 0 Å². The number of Topliss-reactive ketones (excluding diaryl/α,β-unsaturated/α-hetero) is 2. The average molecular weight is 310 g/mol. The molecule has 0 N–H and O–H groups in total. The van der Waals surface area contributed by atoms with Gasteiger partial charge < -0.3 is 4.55 Å². The van der Waals surface area contributed by atoms with Crippen molar-refractivity contribution in [3.8, 4) is 0 Å². The van der Waals surface area contributed by atoms with E-state index in [1.54, 1.807) is 6.92 Å². The zero-order valence-electron chi connectivity index (χ0n) is 11.5. The van der Waals surface area contributed by atoms with Crippen molar-refractivity contribution in [2.75, 3.05) is 23.0 Å². The normalized spacial score (nSPS) is 16.7. The van der Waals surface area contributed by atoms with Crippen LogP contribution in [0.25, 0.3) is 0 Å². The van der Waals surface area contributed by atoms with Crippen molar-refractivity contribution in [1.82, 2.24) is 0 Å². The molecule has 0 aliphatic carbocycles. The number of ketones is 2. The van der Waals surface area contributed by atoms with Crippen molar-refractivity contribution in [1.29, 1.82) is 0 Å². The van der Waals surface area contributed by atoms with E-state index in [1.807, 2.05) is 6.92 Å². The van der Waals surface area contributed by atoms with Crippen LogP contribution in [0.1, 0.15) is 39.5 Å². The van der Waals surface area contributed by atoms with Crippen LogP contribution in [0.5, 0.6) is 0 Å². The van der Waals surface area contributed by atoms with E-state index < -0.39 is 10.1 Å². The van der Waals surface area contributed by atoms with Crippen molar-refractivity contribution in [3.63, 3.8) is 0 Å². The van der Waals surface area contributed by atoms with E-state index in [0.29, 0.717) is 30.8 Å². The molecule has 0 saturated carbocycles. The first-order chi connectivity index (χ1) is 8.74. The molecule has 0 bridgehead atoms. The summed E-state index contributed by atoms with van der Waals surface area (Å²) in [4.78, 5) is 21.5. The molecular formula is C12H22O5S2. The first kappa shape index (κ1) is 18.6. The van der Waals surface area contributed by atoms with Gasteiger partial charge in [0.1, 0.15) is 17.3 Å². The lowest BCUT2D eigenvalue weighted by atomic mass is 10.2. The Hall–Kier alpha value is -0.400. The zero-order chi connectivity index (χ0) is 14.9. The van der Waals surface area contributed by atoms with E-state index in [-0.39, 0.29) is 22.4 Å². The highest BCUT2D eigenvalue weighted by Crippen LogP contribution is 2.10. The van der Waals surface area contributed by atoms with E-state index in [9.17, 15) is 22.6 Å². The summed E-state index contributed by atoms with van der Waals surface area (Å²) in [6, 6.07) is 0. The summed E-state index contributed by atoms with van der Waals surface area (Å²) in [5.74, 6) is 3.04. The first-order valence-corrected chi connectivity index (χ1v) is 9.64. The molecule has 19 heavy (non-hydrogen) atoms. The molecule has 0 atom stereocenters. The molecule has 0 aromatic heterocycles. The third-order valence-corrected chi connectivity index (χ3v) is 5.66. The minimum absolute atomic E-state index is 0.219. The van der Waals surface area contributed by atoms with Gasteiger partial charge in [-0.05, 0) is 24.2 Å². The van der Waals surface area contributed by atoms with E-state index in [2.05, 4.69) is 0 Å². The summed E-state index contributed by atoms with van der Waals surface area (Å²) in [5, 5.41) is 0. The predicted octanol–water partition coefficient (Wildman–Crippen LogP) is 0.888. The number of unbranched alkanes of at least 4 members (excludes halogenated alkanes) is 1. The Morgan fingerprint density at radius 3 is 2.16 bits per heavy atom. The Morgan fingerprint density at radius 2 is 1.84 bits per heavy atom. The van der Waals surface area contributed by atoms with E-state index in [4.69, 9.17) is 0 Å². The molecule has 0 unspecified atom stereocenters. The van der Waals surface area contributed by atoms with Gasteiger partial charge in [0.15, 0.2) is 11.5 Å². The van der Waals surface area contributed by atoms with Crippen LogP contribution in [0.15, 0.2) is 0 Å². The van der Waals surface area contributed by atoms with Crippen molar-refractivity contribution >= 4 is 32.6 Å². The quantitative estimate of drug-likeness (QED) is 0.555. The summed E-state index contributed by atoms with van der Waals surface area (Å²) < 4.78 is 29.5. The van der Waals surface area contributed by atoms with Crippen LogP contribution in [0.3, 0.4) is 0 Å². The van der Waals surface area contributed by atoms with E-state index in [1.165, 1.54) is 0 Å². The standard InChI is InChI=1S/C8H13O2S.C4H10O3S/c1-7(9)6-11-4-2-8(10)3-5-11;1-2-3-4-8(5,6)7/h2-6H2,1H3;2-4H2,1H3,(H,5,6,7)/q+1;/p-1. The van der Waals surface area contributed by atoms with E-state index >= 15 is 0 Å². The molecule has 1 rings (SSSR count). The summed E-state index contributed by atoms with van der Waals surface area (Å²) in [7, 11) is -3.70. The van der Waals surface area contributed by atoms with Gasteiger partial charge in [-0.15, -0.1) is 0 Å². The van der Waals surface area contributed by atoms with Crippen molar-refractivity contribution in [2.24, 2.45) is 0 Å². The third-order valence-electron chi connectivity index (χ3n) is 2.49. The van der Waals surface area contributed by atoms with Crippen molar-refractivity contribution in [3.05, 3.63) is 0 Å². The maximum absolute atomic E-state index is 10.8. The molecular weight excluding hydrogens is 288 g/mol. The fraction of sp³-hybridized carbons (Fsp3) is 0.833. The molecule has 1 heterocycles. The SMILES string of the molecule is CC(=O)C[S+]1CCC(=O)CC1.CCCCS(=O)(=O)[O-]. The number of hydrogen-bond acceptors (Lipinski definition) is 5. The fourth-order valence-corrected chi connectivity index (χ4v) is 4.24. The van der Waals surface area contributed by atoms with Crippen LogP contribution in [-0.2, 0) is 30.6 Å². The summed E-state index contributed by atoms with van der Waals surface area (Å²) in [5.41, 5.74) is 0. The number of rotatable bonds is 5. The minimum Gasteiger partial charge on any atom is -0.748 e. The second-order valence-corrected chi connectivity index (χ2v) is 8.37. The van der Waals surface area contributed by atoms with Crippen molar-refractivity contribution < 1.29 is 22.6 Å². The minimum atomic E-state index is -3.94. The molecule has 0 aromatic rings. The topological polar surface area (TPSA) is 91.3 Å². The van der Waals surface area contributed by atoms with E-state index in [0.717, 1.165) is 17.9 Å². The molecule has 112 valence electrons. The van der Waals surface area contributed by atoms with Crippen LogP contribution in [0.2, 0.25) is 0 Å². The van der Waals surface area contributed by atoms with Gasteiger partial charge in [0.2, 0.25) is 0 Å². The van der Waals surface area contributed by atoms with Gasteiger partial charge in [0.05, 0.1) is 23.0 Å². The maximum atomic E-state index is 10.8. The van der Waals surface area contributed by atoms with Gasteiger partial charge in [-0.25, -0.2) is 8.42 Å². The highest BCUT2D eigenvalue weighted by molar-refractivity contribution is 7.97. The first-order valence-electron chi connectivity index (χ1n) is 6.33. The van der Waals surface area contributed by atoms with Gasteiger partial charge in [0.25, 0.3) is 0 Å². The lowest BCUT2D eigenvalue weighted by molar-refractivity contribution is -0.118. The smallest absolute Gasteiger partial charge is 0.178 e. The lowest BCUT2D eigenvalue weighted by Gasteiger charge is -2.11. The Balaban J connectivity index is 0.000000362. The fourth-order valence-electron chi connectivity index (χ4n) is 1.50. The van der Waals surface area contributed by atoms with Gasteiger partial charge >= 0.3 is 0 Å². The number of hydrogen-bond donors (Lipinski definition) is 0. The number of carbonyl (C=O) groups excluding carboxylic acids is 2. The highest BCUT2D eigenvalue weighted by atomic mass is 32.2. The molecule has 0 spiro atoms. The number of carbonyl (C=O) groups is 2. The molecule has 1 aliphatic rings. The molecule has 0 radical (unpaired) electrons. The zero-order valence-corrected chi connectivity index (χ0v) is 13.1. The Kier molecular flexibility index (Phi) is 9.30. The summed E-state index contributed by atoms with van der Waals surface area (Å²) >= 11 is 0. The monoisotopic (exact) mass is 310 g/mol. The second kappa shape index (κ2) is 9.50. The molecule has 5 nitrogen and oxygen atoms in total. The highest BCUT2D eigenvalue weighted by Gasteiger charge is 2.27. The molecule has 0 aromatic carbocycles. The second-order valence-electron chi connectivity index (χ2n) is 4.52. The van der Waals surface area contributed by atoms with Crippen LogP contribution in [0.4, 0.5) is 0 Å². The molecule has 1 saturated heterocycles. The molecule has 7 heteroatoms. The third kappa shape index (κ3) is 12.4. The Labute approximate surface area is 118 Å². The largest absolute Gasteiger partial charge is 0.748 e. The Bertz CT molecular complexity index is 379. The van der Waals surface area contributed by atoms with Crippen molar-refractivity contribution in [2.45, 2.75) is 39.5 Å². The summed E-state index contributed by atoms with van der Waals surface area (Å²) in [6.07, 6.45) is 2.64.